The van der Waals surface area contributed by atoms with Gasteiger partial charge >= 0.3 is 0 Å². The second kappa shape index (κ2) is 6.02. The highest BCUT2D eigenvalue weighted by molar-refractivity contribution is 5.64. The van der Waals surface area contributed by atoms with Crippen LogP contribution in [0.5, 0.6) is 0 Å². The Morgan fingerprint density at radius 2 is 1.85 bits per heavy atom. The van der Waals surface area contributed by atoms with Gasteiger partial charge in [0.1, 0.15) is 0 Å². The summed E-state index contributed by atoms with van der Waals surface area (Å²) in [6, 6.07) is 7.69. The minimum Gasteiger partial charge on any atom is -0.339 e. The molecule has 0 unspecified atom stereocenters. The smallest absolute Gasteiger partial charge is 0.258 e. The third-order valence-electron chi connectivity index (χ3n) is 4.63. The van der Waals surface area contributed by atoms with E-state index in [1.54, 1.807) is 0 Å². The van der Waals surface area contributed by atoms with Crippen LogP contribution in [-0.4, -0.2) is 20.3 Å². The number of nitrogens with two attached hydrogens (primary N) is 1. The van der Waals surface area contributed by atoms with Crippen molar-refractivity contribution in [1.29, 1.82) is 0 Å². The number of nitrogens with zero attached hydrogens (tertiary/aromatic N) is 4. The zero-order valence-electron chi connectivity index (χ0n) is 15.3. The van der Waals surface area contributed by atoms with E-state index in [0.29, 0.717) is 23.4 Å². The Kier molecular flexibility index (Phi) is 3.91. The summed E-state index contributed by atoms with van der Waals surface area (Å²) in [4.78, 5) is 9.00. The van der Waals surface area contributed by atoms with Crippen LogP contribution < -0.4 is 5.73 Å². The Balaban J connectivity index is 1.59. The molecule has 7 nitrogen and oxygen atoms in total. The molecule has 3 aromatic rings. The molecule has 0 bridgehead atoms. The van der Waals surface area contributed by atoms with Crippen LogP contribution in [0, 0.1) is 5.41 Å². The number of rotatable bonds is 4. The van der Waals surface area contributed by atoms with Crippen molar-refractivity contribution in [3.05, 3.63) is 36.0 Å². The van der Waals surface area contributed by atoms with Gasteiger partial charge in [0.2, 0.25) is 11.7 Å². The van der Waals surface area contributed by atoms with Crippen LogP contribution >= 0.6 is 0 Å². The highest BCUT2D eigenvalue weighted by Crippen LogP contribution is 2.37. The van der Waals surface area contributed by atoms with Crippen molar-refractivity contribution in [2.24, 2.45) is 11.1 Å². The molecule has 1 saturated carbocycles. The summed E-state index contributed by atoms with van der Waals surface area (Å²) >= 11 is 0. The third kappa shape index (κ3) is 3.26. The maximum Gasteiger partial charge on any atom is 0.258 e. The van der Waals surface area contributed by atoms with Crippen molar-refractivity contribution in [2.75, 3.05) is 0 Å². The summed E-state index contributed by atoms with van der Waals surface area (Å²) in [5.74, 6) is 2.22. The lowest BCUT2D eigenvalue weighted by Crippen LogP contribution is -2.44. The Morgan fingerprint density at radius 1 is 1.08 bits per heavy atom. The maximum absolute atomic E-state index is 6.27. The van der Waals surface area contributed by atoms with Gasteiger partial charge < -0.3 is 14.8 Å². The largest absolute Gasteiger partial charge is 0.339 e. The first-order chi connectivity index (χ1) is 12.3. The second-order valence-electron chi connectivity index (χ2n) is 8.26. The van der Waals surface area contributed by atoms with Gasteiger partial charge in [-0.25, -0.2) is 0 Å². The van der Waals surface area contributed by atoms with E-state index >= 15 is 0 Å². The summed E-state index contributed by atoms with van der Waals surface area (Å²) in [5.41, 5.74) is 7.58. The van der Waals surface area contributed by atoms with Gasteiger partial charge in [0.05, 0.1) is 5.54 Å². The molecule has 2 aromatic heterocycles. The first kappa shape index (κ1) is 16.9. The average Bonchev–Trinajstić information content (AvgIpc) is 3.21. The molecule has 0 aliphatic heterocycles. The van der Waals surface area contributed by atoms with Crippen molar-refractivity contribution in [2.45, 2.75) is 52.0 Å². The van der Waals surface area contributed by atoms with Gasteiger partial charge in [0, 0.05) is 17.5 Å². The molecular weight excluding hydrogens is 330 g/mol. The summed E-state index contributed by atoms with van der Waals surface area (Å²) in [7, 11) is 0. The van der Waals surface area contributed by atoms with Crippen LogP contribution in [0.3, 0.4) is 0 Å². The highest BCUT2D eigenvalue weighted by Gasteiger charge is 2.39. The van der Waals surface area contributed by atoms with Crippen LogP contribution in [0.25, 0.3) is 22.8 Å². The third-order valence-corrected chi connectivity index (χ3v) is 4.63. The van der Waals surface area contributed by atoms with E-state index in [1.807, 2.05) is 24.3 Å². The zero-order valence-corrected chi connectivity index (χ0v) is 15.3. The van der Waals surface area contributed by atoms with E-state index in [-0.39, 0.29) is 5.41 Å². The standard InChI is InChI=1S/C19H23N5O2/c1-18(2,3)11-14-21-15(23-25-14)12-6-4-7-13(10-12)16-22-17(24-26-16)19(20)8-5-9-19/h4,6-7,10H,5,8-9,11,20H2,1-3H3. The summed E-state index contributed by atoms with van der Waals surface area (Å²) < 4.78 is 10.8. The molecule has 136 valence electrons. The van der Waals surface area contributed by atoms with Crippen molar-refractivity contribution in [3.63, 3.8) is 0 Å². The van der Waals surface area contributed by atoms with Gasteiger partial charge in [-0.3, -0.25) is 0 Å². The topological polar surface area (TPSA) is 104 Å². The Morgan fingerprint density at radius 3 is 2.54 bits per heavy atom. The summed E-state index contributed by atoms with van der Waals surface area (Å²) in [6.07, 6.45) is 3.62. The maximum atomic E-state index is 6.27. The molecule has 1 fully saturated rings. The van der Waals surface area contributed by atoms with Gasteiger partial charge in [0.15, 0.2) is 5.82 Å². The number of aromatic nitrogens is 4. The van der Waals surface area contributed by atoms with E-state index in [9.17, 15) is 0 Å². The van der Waals surface area contributed by atoms with E-state index in [4.69, 9.17) is 14.8 Å². The highest BCUT2D eigenvalue weighted by atomic mass is 16.5. The van der Waals surface area contributed by atoms with Crippen molar-refractivity contribution < 1.29 is 9.05 Å². The molecule has 26 heavy (non-hydrogen) atoms. The SMILES string of the molecule is CC(C)(C)Cc1nc(-c2cccc(-c3nc(C4(N)CCC4)no3)c2)no1. The fourth-order valence-corrected chi connectivity index (χ4v) is 3.01. The van der Waals surface area contributed by atoms with Gasteiger partial charge in [-0.15, -0.1) is 0 Å². The molecule has 0 spiro atoms. The molecule has 0 saturated heterocycles. The van der Waals surface area contributed by atoms with Crippen LogP contribution in [0.15, 0.2) is 33.3 Å². The Hall–Kier alpha value is -2.54. The normalized spacial score (nSPS) is 16.5. The fourth-order valence-electron chi connectivity index (χ4n) is 3.01. The molecular formula is C19H23N5O2. The Bertz CT molecular complexity index is 918. The second-order valence-corrected chi connectivity index (χ2v) is 8.26. The number of hydrogen-bond acceptors (Lipinski definition) is 7. The minimum atomic E-state index is -0.436. The van der Waals surface area contributed by atoms with E-state index in [2.05, 4.69) is 41.1 Å². The van der Waals surface area contributed by atoms with Crippen LogP contribution in [0.4, 0.5) is 0 Å². The molecule has 2 heterocycles. The van der Waals surface area contributed by atoms with E-state index in [0.717, 1.165) is 36.8 Å². The predicted molar refractivity (Wildman–Crippen MR) is 95.9 cm³/mol. The first-order valence-corrected chi connectivity index (χ1v) is 8.89. The molecule has 0 radical (unpaired) electrons. The van der Waals surface area contributed by atoms with E-state index in [1.165, 1.54) is 0 Å². The van der Waals surface area contributed by atoms with Crippen LogP contribution in [0.2, 0.25) is 0 Å². The van der Waals surface area contributed by atoms with E-state index < -0.39 is 5.54 Å². The molecule has 2 N–H and O–H groups in total. The zero-order chi connectivity index (χ0) is 18.4. The van der Waals surface area contributed by atoms with Gasteiger partial charge in [-0.2, -0.15) is 9.97 Å². The first-order valence-electron chi connectivity index (χ1n) is 8.89. The summed E-state index contributed by atoms with van der Waals surface area (Å²) in [6.45, 7) is 6.41. The molecule has 4 rings (SSSR count). The van der Waals surface area contributed by atoms with Gasteiger partial charge in [-0.1, -0.05) is 43.2 Å². The van der Waals surface area contributed by atoms with Crippen molar-refractivity contribution in [1.82, 2.24) is 20.3 Å². The van der Waals surface area contributed by atoms with Gasteiger partial charge in [-0.05, 0) is 36.8 Å². The van der Waals surface area contributed by atoms with Crippen LogP contribution in [-0.2, 0) is 12.0 Å². The quantitative estimate of drug-likeness (QED) is 0.762. The molecule has 1 aromatic carbocycles. The predicted octanol–water partition coefficient (Wildman–Crippen LogP) is 3.71. The number of benzene rings is 1. The molecule has 7 heteroatoms. The molecule has 1 aliphatic carbocycles. The average molecular weight is 353 g/mol. The fraction of sp³-hybridized carbons (Fsp3) is 0.474. The van der Waals surface area contributed by atoms with Crippen molar-refractivity contribution >= 4 is 0 Å². The lowest BCUT2D eigenvalue weighted by atomic mass is 9.77. The monoisotopic (exact) mass is 353 g/mol. The van der Waals surface area contributed by atoms with Crippen molar-refractivity contribution in [3.8, 4) is 22.8 Å². The number of hydrogen-bond donors (Lipinski definition) is 1. The molecule has 0 atom stereocenters. The lowest BCUT2D eigenvalue weighted by molar-refractivity contribution is 0.229. The van der Waals surface area contributed by atoms with Crippen LogP contribution in [0.1, 0.15) is 51.7 Å². The molecule has 0 amide bonds. The van der Waals surface area contributed by atoms with Gasteiger partial charge in [0.25, 0.3) is 5.89 Å². The minimum absolute atomic E-state index is 0.0888. The lowest BCUT2D eigenvalue weighted by Gasteiger charge is -2.34. The summed E-state index contributed by atoms with van der Waals surface area (Å²) in [5, 5.41) is 8.17. The molecule has 1 aliphatic rings. The Labute approximate surface area is 152 Å².